The van der Waals surface area contributed by atoms with Crippen LogP contribution in [-0.4, -0.2) is 0 Å². The Kier molecular flexibility index (Phi) is 3.13. The highest BCUT2D eigenvalue weighted by molar-refractivity contribution is 9.10. The first kappa shape index (κ1) is 10.4. The quantitative estimate of drug-likeness (QED) is 0.641. The highest BCUT2D eigenvalue weighted by atomic mass is 79.9. The molecule has 1 aliphatic carbocycles. The lowest BCUT2D eigenvalue weighted by Gasteiger charge is -2.12. The third-order valence-corrected chi connectivity index (χ3v) is 4.12. The maximum atomic E-state index is 13.8. The molecule has 2 rings (SSSR count). The van der Waals surface area contributed by atoms with Crippen LogP contribution in [0.25, 0.3) is 0 Å². The zero-order valence-corrected chi connectivity index (χ0v) is 10.0. The van der Waals surface area contributed by atoms with Crippen molar-refractivity contribution in [2.24, 2.45) is 0 Å². The van der Waals surface area contributed by atoms with Gasteiger partial charge in [0.05, 0.1) is 5.02 Å². The van der Waals surface area contributed by atoms with Crippen molar-refractivity contribution in [3.05, 3.63) is 33.0 Å². The molecule has 0 heterocycles. The topological polar surface area (TPSA) is 0 Å². The molecule has 1 aromatic carbocycles. The number of rotatable bonds is 1. The second kappa shape index (κ2) is 4.19. The number of hydrogen-bond acceptors (Lipinski definition) is 0. The molecule has 0 unspecified atom stereocenters. The number of halogens is 3. The molecule has 0 saturated heterocycles. The smallest absolute Gasteiger partial charge is 0.146 e. The molecule has 0 amide bonds. The van der Waals surface area contributed by atoms with Crippen LogP contribution in [0, 0.1) is 5.82 Å². The van der Waals surface area contributed by atoms with Crippen molar-refractivity contribution < 1.29 is 4.39 Å². The Hall–Kier alpha value is -0.0800. The van der Waals surface area contributed by atoms with Crippen LogP contribution in [0.15, 0.2) is 16.6 Å². The predicted molar refractivity (Wildman–Crippen MR) is 60.3 cm³/mol. The minimum absolute atomic E-state index is 0.217. The van der Waals surface area contributed by atoms with Gasteiger partial charge < -0.3 is 0 Å². The molecule has 0 aromatic heterocycles. The van der Waals surface area contributed by atoms with Crippen molar-refractivity contribution in [1.29, 1.82) is 0 Å². The second-order valence-electron chi connectivity index (χ2n) is 3.75. The zero-order chi connectivity index (χ0) is 10.1. The van der Waals surface area contributed by atoms with Crippen LogP contribution in [0.4, 0.5) is 4.39 Å². The lowest BCUT2D eigenvalue weighted by molar-refractivity contribution is 0.580. The van der Waals surface area contributed by atoms with Gasteiger partial charge in [-0.05, 0) is 46.3 Å². The molecular formula is C11H11BrClF. The third-order valence-electron chi connectivity index (χ3n) is 2.86. The van der Waals surface area contributed by atoms with E-state index in [1.807, 2.05) is 12.1 Å². The zero-order valence-electron chi connectivity index (χ0n) is 7.69. The first-order chi connectivity index (χ1) is 6.70. The Bertz CT molecular complexity index is 345. The van der Waals surface area contributed by atoms with Crippen LogP contribution in [0.2, 0.25) is 5.02 Å². The fourth-order valence-corrected chi connectivity index (χ4v) is 2.57. The van der Waals surface area contributed by atoms with E-state index in [0.717, 1.165) is 18.4 Å². The van der Waals surface area contributed by atoms with E-state index in [4.69, 9.17) is 11.6 Å². The summed E-state index contributed by atoms with van der Waals surface area (Å²) < 4.78 is 14.4. The summed E-state index contributed by atoms with van der Waals surface area (Å²) in [6, 6.07) is 3.68. The summed E-state index contributed by atoms with van der Waals surface area (Å²) in [4.78, 5) is 0. The van der Waals surface area contributed by atoms with E-state index in [1.54, 1.807) is 0 Å². The first-order valence-corrected chi connectivity index (χ1v) is 6.00. The second-order valence-corrected chi connectivity index (χ2v) is 4.98. The number of hydrogen-bond donors (Lipinski definition) is 0. The van der Waals surface area contributed by atoms with E-state index >= 15 is 0 Å². The molecule has 1 aliphatic rings. The van der Waals surface area contributed by atoms with Gasteiger partial charge in [-0.15, -0.1) is 0 Å². The molecule has 0 spiro atoms. The molecule has 0 nitrogen and oxygen atoms in total. The van der Waals surface area contributed by atoms with Crippen molar-refractivity contribution in [3.8, 4) is 0 Å². The summed E-state index contributed by atoms with van der Waals surface area (Å²) in [5, 5.41) is 0.217. The van der Waals surface area contributed by atoms with Crippen LogP contribution >= 0.6 is 27.5 Å². The highest BCUT2D eigenvalue weighted by Gasteiger charge is 2.22. The molecule has 0 atom stereocenters. The van der Waals surface area contributed by atoms with Crippen LogP contribution in [-0.2, 0) is 0 Å². The van der Waals surface area contributed by atoms with Crippen LogP contribution in [0.3, 0.4) is 0 Å². The summed E-state index contributed by atoms with van der Waals surface area (Å²) in [5.74, 6) is 0.133. The maximum Gasteiger partial charge on any atom is 0.146 e. The van der Waals surface area contributed by atoms with Crippen molar-refractivity contribution in [1.82, 2.24) is 0 Å². The van der Waals surface area contributed by atoms with Crippen LogP contribution in [0.5, 0.6) is 0 Å². The average Bonchev–Trinajstić information content (AvgIpc) is 2.67. The molecule has 1 saturated carbocycles. The van der Waals surface area contributed by atoms with E-state index in [1.165, 1.54) is 12.8 Å². The van der Waals surface area contributed by atoms with E-state index < -0.39 is 0 Å². The van der Waals surface area contributed by atoms with Gasteiger partial charge in [0.2, 0.25) is 0 Å². The summed E-state index contributed by atoms with van der Waals surface area (Å²) in [6.45, 7) is 0. The van der Waals surface area contributed by atoms with Gasteiger partial charge in [-0.25, -0.2) is 4.39 Å². The molecule has 3 heteroatoms. The van der Waals surface area contributed by atoms with Crippen molar-refractivity contribution >= 4 is 27.5 Å². The number of benzene rings is 1. The molecular weight excluding hydrogens is 266 g/mol. The molecule has 1 aromatic rings. The van der Waals surface area contributed by atoms with Gasteiger partial charge >= 0.3 is 0 Å². The van der Waals surface area contributed by atoms with Gasteiger partial charge in [0.25, 0.3) is 0 Å². The standard InChI is InChI=1S/C11H11BrClF/c12-9-6-5-8(11(14)10(9)13)7-3-1-2-4-7/h5-7H,1-4H2. The summed E-state index contributed by atoms with van der Waals surface area (Å²) in [5.41, 5.74) is 0.788. The molecule has 0 aliphatic heterocycles. The fourth-order valence-electron chi connectivity index (χ4n) is 2.09. The van der Waals surface area contributed by atoms with Crippen molar-refractivity contribution in [2.45, 2.75) is 31.6 Å². The van der Waals surface area contributed by atoms with Crippen molar-refractivity contribution in [2.75, 3.05) is 0 Å². The van der Waals surface area contributed by atoms with E-state index in [9.17, 15) is 4.39 Å². The van der Waals surface area contributed by atoms with Gasteiger partial charge in [-0.1, -0.05) is 30.5 Å². The lowest BCUT2D eigenvalue weighted by Crippen LogP contribution is -1.97. The first-order valence-electron chi connectivity index (χ1n) is 4.83. The summed E-state index contributed by atoms with van der Waals surface area (Å²) in [6.07, 6.45) is 4.60. The Morgan fingerprint density at radius 1 is 1.29 bits per heavy atom. The maximum absolute atomic E-state index is 13.8. The third kappa shape index (κ3) is 1.82. The van der Waals surface area contributed by atoms with E-state index in [-0.39, 0.29) is 10.8 Å². The fraction of sp³-hybridized carbons (Fsp3) is 0.455. The molecule has 0 N–H and O–H groups in total. The van der Waals surface area contributed by atoms with Crippen LogP contribution in [0.1, 0.15) is 37.2 Å². The van der Waals surface area contributed by atoms with E-state index in [0.29, 0.717) is 10.4 Å². The van der Waals surface area contributed by atoms with Crippen molar-refractivity contribution in [3.63, 3.8) is 0 Å². The molecule has 76 valence electrons. The monoisotopic (exact) mass is 276 g/mol. The molecule has 1 fully saturated rings. The lowest BCUT2D eigenvalue weighted by atomic mass is 9.97. The SMILES string of the molecule is Fc1c(C2CCCC2)ccc(Br)c1Cl. The van der Waals surface area contributed by atoms with Gasteiger partial charge in [-0.3, -0.25) is 0 Å². The van der Waals surface area contributed by atoms with Gasteiger partial charge in [-0.2, -0.15) is 0 Å². The Morgan fingerprint density at radius 2 is 1.93 bits per heavy atom. The van der Waals surface area contributed by atoms with Gasteiger partial charge in [0, 0.05) is 4.47 Å². The van der Waals surface area contributed by atoms with Crippen LogP contribution < -0.4 is 0 Å². The molecule has 0 radical (unpaired) electrons. The predicted octanol–water partition coefficient (Wildman–Crippen LogP) is 4.90. The Labute approximate surface area is 96.6 Å². The summed E-state index contributed by atoms with van der Waals surface area (Å²) in [7, 11) is 0. The minimum atomic E-state index is -0.243. The van der Waals surface area contributed by atoms with Gasteiger partial charge in [0.15, 0.2) is 0 Å². The summed E-state index contributed by atoms with van der Waals surface area (Å²) >= 11 is 9.06. The Balaban J connectivity index is 2.38. The largest absolute Gasteiger partial charge is 0.205 e. The Morgan fingerprint density at radius 3 is 2.57 bits per heavy atom. The molecule has 14 heavy (non-hydrogen) atoms. The van der Waals surface area contributed by atoms with Gasteiger partial charge in [0.1, 0.15) is 5.82 Å². The highest BCUT2D eigenvalue weighted by Crippen LogP contribution is 2.38. The average molecular weight is 278 g/mol. The normalized spacial score (nSPS) is 17.6. The molecule has 0 bridgehead atoms. The minimum Gasteiger partial charge on any atom is -0.205 e. The van der Waals surface area contributed by atoms with E-state index in [2.05, 4.69) is 15.9 Å².